The Kier molecular flexibility index (Phi) is 6.53. The maximum Gasteiger partial charge on any atom is 0.328 e. The Morgan fingerprint density at radius 3 is 2.26 bits per heavy atom. The molecule has 0 aliphatic rings. The molecule has 0 aliphatic carbocycles. The Balaban J connectivity index is 2.11. The lowest BCUT2D eigenvalue weighted by atomic mass is 10.0. The van der Waals surface area contributed by atoms with Crippen LogP contribution in [-0.2, 0) is 27.2 Å². The molecule has 2 rings (SSSR count). The highest BCUT2D eigenvalue weighted by molar-refractivity contribution is 5.85. The van der Waals surface area contributed by atoms with E-state index < -0.39 is 46.5 Å². The smallest absolute Gasteiger partial charge is 0.328 e. The van der Waals surface area contributed by atoms with Gasteiger partial charge in [-0.2, -0.15) is 0 Å². The van der Waals surface area contributed by atoms with Gasteiger partial charge in [-0.15, -0.1) is 0 Å². The van der Waals surface area contributed by atoms with E-state index in [9.17, 15) is 28.5 Å². The molecule has 2 aromatic rings. The Morgan fingerprint density at radius 2 is 1.74 bits per heavy atom. The number of nitrogens with zero attached hydrogens (tertiary/aromatic N) is 1. The van der Waals surface area contributed by atoms with E-state index in [1.165, 1.54) is 30.3 Å². The molecule has 0 fully saturated rings. The van der Waals surface area contributed by atoms with Gasteiger partial charge < -0.3 is 10.1 Å². The number of hydrogen-bond donors (Lipinski definition) is 1. The molecule has 0 unspecified atom stereocenters. The Bertz CT molecular complexity index is 835. The number of methoxy groups -OCH3 is 1. The number of esters is 1. The molecule has 0 saturated carbocycles. The van der Waals surface area contributed by atoms with Crippen molar-refractivity contribution in [2.24, 2.45) is 0 Å². The minimum atomic E-state index is -1.11. The molecule has 9 heteroatoms. The first-order valence-corrected chi connectivity index (χ1v) is 7.85. The van der Waals surface area contributed by atoms with E-state index in [0.717, 1.165) is 19.2 Å². The zero-order valence-electron chi connectivity index (χ0n) is 14.3. The van der Waals surface area contributed by atoms with Crippen LogP contribution in [0.15, 0.2) is 42.5 Å². The molecule has 27 heavy (non-hydrogen) atoms. The molecule has 0 aliphatic heterocycles. The second-order valence-corrected chi connectivity index (χ2v) is 5.65. The van der Waals surface area contributed by atoms with Crippen LogP contribution in [-0.4, -0.2) is 30.0 Å². The SMILES string of the molecule is COC(=O)[C@H](Cc1ccc([N+](=O)[O-])cc1)NC(=O)Cc1c(F)cccc1F. The number of carbonyl (C=O) groups is 2. The number of nitro groups is 1. The number of halogens is 2. The highest BCUT2D eigenvalue weighted by Crippen LogP contribution is 2.15. The molecule has 2 aromatic carbocycles. The molecule has 0 saturated heterocycles. The number of nitrogens with one attached hydrogen (secondary N) is 1. The highest BCUT2D eigenvalue weighted by atomic mass is 19.1. The summed E-state index contributed by atoms with van der Waals surface area (Å²) < 4.78 is 31.9. The molecule has 142 valence electrons. The predicted molar refractivity (Wildman–Crippen MR) is 90.8 cm³/mol. The number of non-ortho nitro benzene ring substituents is 1. The fourth-order valence-corrected chi connectivity index (χ4v) is 2.43. The van der Waals surface area contributed by atoms with Gasteiger partial charge in [-0.3, -0.25) is 14.9 Å². The van der Waals surface area contributed by atoms with Gasteiger partial charge in [0, 0.05) is 24.1 Å². The third kappa shape index (κ3) is 5.30. The molecule has 0 radical (unpaired) electrons. The number of hydrogen-bond acceptors (Lipinski definition) is 5. The van der Waals surface area contributed by atoms with E-state index in [1.54, 1.807) is 0 Å². The van der Waals surface area contributed by atoms with Crippen LogP contribution in [0, 0.1) is 21.7 Å². The fourth-order valence-electron chi connectivity index (χ4n) is 2.43. The molecule has 1 N–H and O–H groups in total. The van der Waals surface area contributed by atoms with Crippen molar-refractivity contribution in [2.45, 2.75) is 18.9 Å². The van der Waals surface area contributed by atoms with Crippen LogP contribution in [0.3, 0.4) is 0 Å². The number of rotatable bonds is 7. The Morgan fingerprint density at radius 1 is 1.15 bits per heavy atom. The van der Waals surface area contributed by atoms with Crippen molar-refractivity contribution in [2.75, 3.05) is 7.11 Å². The first-order valence-electron chi connectivity index (χ1n) is 7.85. The molecular formula is C18H16F2N2O5. The topological polar surface area (TPSA) is 98.5 Å². The predicted octanol–water partition coefficient (Wildman–Crippen LogP) is 2.32. The van der Waals surface area contributed by atoms with Gasteiger partial charge in [-0.25, -0.2) is 13.6 Å². The average molecular weight is 378 g/mol. The molecule has 7 nitrogen and oxygen atoms in total. The van der Waals surface area contributed by atoms with Gasteiger partial charge >= 0.3 is 5.97 Å². The molecule has 1 atom stereocenters. The monoisotopic (exact) mass is 378 g/mol. The summed E-state index contributed by atoms with van der Waals surface area (Å²) >= 11 is 0. The van der Waals surface area contributed by atoms with Gasteiger partial charge in [0.05, 0.1) is 18.5 Å². The van der Waals surface area contributed by atoms with Gasteiger partial charge in [0.2, 0.25) is 5.91 Å². The number of benzene rings is 2. The van der Waals surface area contributed by atoms with Crippen LogP contribution >= 0.6 is 0 Å². The molecule has 1 amide bonds. The third-order valence-electron chi connectivity index (χ3n) is 3.81. The first-order chi connectivity index (χ1) is 12.8. The standard InChI is InChI=1S/C18H16F2N2O5/c1-27-18(24)16(9-11-5-7-12(8-6-11)22(25)26)21-17(23)10-13-14(19)3-2-4-15(13)20/h2-8,16H,9-10H2,1H3,(H,21,23)/t16-/m0/s1. The lowest BCUT2D eigenvalue weighted by molar-refractivity contribution is -0.384. The summed E-state index contributed by atoms with van der Waals surface area (Å²) in [6.07, 6.45) is -0.595. The summed E-state index contributed by atoms with van der Waals surface area (Å²) in [5.74, 6) is -3.25. The van der Waals surface area contributed by atoms with E-state index in [4.69, 9.17) is 0 Å². The van der Waals surface area contributed by atoms with Gasteiger partial charge in [0.15, 0.2) is 0 Å². The highest BCUT2D eigenvalue weighted by Gasteiger charge is 2.23. The van der Waals surface area contributed by atoms with Crippen molar-refractivity contribution in [3.05, 3.63) is 75.3 Å². The van der Waals surface area contributed by atoms with Crippen molar-refractivity contribution in [1.29, 1.82) is 0 Å². The normalized spacial score (nSPS) is 11.5. The number of nitro benzene ring substituents is 1. The summed E-state index contributed by atoms with van der Waals surface area (Å²) in [5, 5.41) is 13.1. The molecule has 0 spiro atoms. The van der Waals surface area contributed by atoms with Crippen molar-refractivity contribution < 1.29 is 28.0 Å². The van der Waals surface area contributed by atoms with Crippen molar-refractivity contribution >= 4 is 17.6 Å². The lowest BCUT2D eigenvalue weighted by Gasteiger charge is -2.17. The van der Waals surface area contributed by atoms with Crippen LogP contribution in [0.5, 0.6) is 0 Å². The van der Waals surface area contributed by atoms with Gasteiger partial charge in [-0.05, 0) is 17.7 Å². The van der Waals surface area contributed by atoms with Crippen LogP contribution in [0.25, 0.3) is 0 Å². The number of amides is 1. The van der Waals surface area contributed by atoms with Crippen LogP contribution in [0.1, 0.15) is 11.1 Å². The maximum atomic E-state index is 13.7. The summed E-state index contributed by atoms with van der Waals surface area (Å²) in [4.78, 5) is 34.2. The van der Waals surface area contributed by atoms with Gasteiger partial charge in [0.25, 0.3) is 5.69 Å². The molecular weight excluding hydrogens is 362 g/mol. The molecule has 0 aromatic heterocycles. The summed E-state index contributed by atoms with van der Waals surface area (Å²) in [6.45, 7) is 0. The lowest BCUT2D eigenvalue weighted by Crippen LogP contribution is -2.43. The summed E-state index contributed by atoms with van der Waals surface area (Å²) in [6, 6.07) is 7.53. The molecule has 0 bridgehead atoms. The Labute approximate surface area is 153 Å². The second-order valence-electron chi connectivity index (χ2n) is 5.65. The second kappa shape index (κ2) is 8.84. The van der Waals surface area contributed by atoms with Crippen LogP contribution in [0.2, 0.25) is 0 Å². The van der Waals surface area contributed by atoms with Gasteiger partial charge in [0.1, 0.15) is 17.7 Å². The van der Waals surface area contributed by atoms with E-state index >= 15 is 0 Å². The largest absolute Gasteiger partial charge is 0.467 e. The van der Waals surface area contributed by atoms with Crippen LogP contribution in [0.4, 0.5) is 14.5 Å². The van der Waals surface area contributed by atoms with Crippen molar-refractivity contribution in [3.63, 3.8) is 0 Å². The average Bonchev–Trinajstić information content (AvgIpc) is 2.64. The van der Waals surface area contributed by atoms with E-state index in [2.05, 4.69) is 10.1 Å². The first kappa shape index (κ1) is 20.0. The van der Waals surface area contributed by atoms with E-state index in [-0.39, 0.29) is 12.1 Å². The summed E-state index contributed by atoms with van der Waals surface area (Å²) in [7, 11) is 1.13. The minimum absolute atomic E-state index is 0.00381. The van der Waals surface area contributed by atoms with E-state index in [0.29, 0.717) is 5.56 Å². The minimum Gasteiger partial charge on any atom is -0.467 e. The van der Waals surface area contributed by atoms with Crippen LogP contribution < -0.4 is 5.32 Å². The molecule has 0 heterocycles. The Hall–Kier alpha value is -3.36. The maximum absolute atomic E-state index is 13.7. The quantitative estimate of drug-likeness (QED) is 0.453. The zero-order chi connectivity index (χ0) is 20.0. The summed E-state index contributed by atoms with van der Waals surface area (Å²) in [5.41, 5.74) is 0.00903. The fraction of sp³-hybridized carbons (Fsp3) is 0.222. The van der Waals surface area contributed by atoms with Crippen molar-refractivity contribution in [3.8, 4) is 0 Å². The van der Waals surface area contributed by atoms with E-state index in [1.807, 2.05) is 0 Å². The number of ether oxygens (including phenoxy) is 1. The van der Waals surface area contributed by atoms with Crippen molar-refractivity contribution in [1.82, 2.24) is 5.32 Å². The van der Waals surface area contributed by atoms with Gasteiger partial charge in [-0.1, -0.05) is 18.2 Å². The number of carbonyl (C=O) groups excluding carboxylic acids is 2. The third-order valence-corrected chi connectivity index (χ3v) is 3.81. The zero-order valence-corrected chi connectivity index (χ0v) is 14.3.